The second-order valence-corrected chi connectivity index (χ2v) is 4.20. The molecule has 0 amide bonds. The Labute approximate surface area is 86.2 Å². The number of halogens is 2. The molecule has 1 aromatic rings. The zero-order valence-corrected chi connectivity index (χ0v) is 9.05. The van der Waals surface area contributed by atoms with Crippen molar-refractivity contribution in [1.29, 1.82) is 0 Å². The lowest BCUT2D eigenvalue weighted by atomic mass is 10.1. The van der Waals surface area contributed by atoms with Crippen LogP contribution in [-0.4, -0.2) is 5.97 Å². The molecule has 0 fully saturated rings. The lowest BCUT2D eigenvalue weighted by Gasteiger charge is -1.99. The molecule has 1 aromatic carbocycles. The Morgan fingerprint density at radius 1 is 1.42 bits per heavy atom. The quantitative estimate of drug-likeness (QED) is 0.542. The van der Waals surface area contributed by atoms with Crippen LogP contribution in [0.4, 0.5) is 0 Å². The van der Waals surface area contributed by atoms with E-state index in [-0.39, 0.29) is 11.0 Å². The van der Waals surface area contributed by atoms with Gasteiger partial charge in [-0.3, -0.25) is 0 Å². The third-order valence-electron chi connectivity index (χ3n) is 1.69. The van der Waals surface area contributed by atoms with Gasteiger partial charge in [0.15, 0.2) is 5.01 Å². The van der Waals surface area contributed by atoms with Gasteiger partial charge in [-0.05, 0) is 34.1 Å². The van der Waals surface area contributed by atoms with Crippen LogP contribution < -0.4 is 0 Å². The van der Waals surface area contributed by atoms with Crippen molar-refractivity contribution in [3.8, 4) is 0 Å². The summed E-state index contributed by atoms with van der Waals surface area (Å²) in [5.41, 5.74) is 1.52. The normalized spacial score (nSPS) is 20.5. The van der Waals surface area contributed by atoms with Crippen LogP contribution in [0.2, 0.25) is 0 Å². The summed E-state index contributed by atoms with van der Waals surface area (Å²) in [7, 11) is 0. The minimum atomic E-state index is -0.294. The molecule has 0 bridgehead atoms. The van der Waals surface area contributed by atoms with Crippen LogP contribution in [0.15, 0.2) is 22.7 Å². The average Bonchev–Trinajstić information content (AvgIpc) is 2.28. The topological polar surface area (TPSA) is 26.3 Å². The van der Waals surface area contributed by atoms with Crippen LogP contribution in [0.3, 0.4) is 0 Å². The molecule has 4 heteroatoms. The summed E-state index contributed by atoms with van der Waals surface area (Å²) in [6.07, 6.45) is 0. The number of carbonyl (C=O) groups is 1. The largest absolute Gasteiger partial charge is 0.442 e. The molecule has 0 aliphatic carbocycles. The number of esters is 1. The SMILES string of the molecule is O=C1O[C@@H](Br)c2cc(Br)ccc21. The van der Waals surface area contributed by atoms with Crippen LogP contribution in [0.5, 0.6) is 0 Å². The first-order chi connectivity index (χ1) is 5.68. The third kappa shape index (κ3) is 1.19. The van der Waals surface area contributed by atoms with Gasteiger partial charge >= 0.3 is 5.97 Å². The maximum atomic E-state index is 11.1. The predicted octanol–water partition coefficient (Wildman–Crippen LogP) is 3.01. The number of carbonyl (C=O) groups excluding carboxylic acids is 1. The second-order valence-electron chi connectivity index (χ2n) is 2.45. The van der Waals surface area contributed by atoms with Crippen LogP contribution in [0.1, 0.15) is 20.9 Å². The number of ether oxygens (including phenoxy) is 1. The van der Waals surface area contributed by atoms with E-state index in [1.807, 2.05) is 12.1 Å². The molecule has 0 saturated heterocycles. The van der Waals surface area contributed by atoms with E-state index in [9.17, 15) is 4.79 Å². The first-order valence-electron chi connectivity index (χ1n) is 3.33. The summed E-state index contributed by atoms with van der Waals surface area (Å²) >= 11 is 6.57. The molecule has 62 valence electrons. The smallest absolute Gasteiger partial charge is 0.340 e. The zero-order chi connectivity index (χ0) is 8.72. The molecule has 0 aromatic heterocycles. The number of fused-ring (bicyclic) bond motifs is 1. The summed E-state index contributed by atoms with van der Waals surface area (Å²) < 4.78 is 5.89. The second kappa shape index (κ2) is 2.85. The van der Waals surface area contributed by atoms with Crippen molar-refractivity contribution in [3.05, 3.63) is 33.8 Å². The van der Waals surface area contributed by atoms with Crippen molar-refractivity contribution < 1.29 is 9.53 Å². The Kier molecular flexibility index (Phi) is 1.96. The lowest BCUT2D eigenvalue weighted by molar-refractivity contribution is 0.0530. The summed E-state index contributed by atoms with van der Waals surface area (Å²) in [5.74, 6) is -0.264. The van der Waals surface area contributed by atoms with Gasteiger partial charge in [0.1, 0.15) is 0 Å². The molecule has 0 saturated carbocycles. The molecule has 2 rings (SSSR count). The van der Waals surface area contributed by atoms with Gasteiger partial charge in [-0.15, -0.1) is 0 Å². The number of cyclic esters (lactones) is 1. The highest BCUT2D eigenvalue weighted by atomic mass is 79.9. The molecule has 0 unspecified atom stereocenters. The van der Waals surface area contributed by atoms with Crippen LogP contribution in [-0.2, 0) is 4.74 Å². The van der Waals surface area contributed by atoms with E-state index < -0.39 is 0 Å². The Morgan fingerprint density at radius 3 is 2.92 bits per heavy atom. The molecule has 1 aliphatic rings. The lowest BCUT2D eigenvalue weighted by Crippen LogP contribution is -1.92. The van der Waals surface area contributed by atoms with Crippen molar-refractivity contribution in [3.63, 3.8) is 0 Å². The summed E-state index contributed by atoms with van der Waals surface area (Å²) in [6, 6.07) is 5.45. The van der Waals surface area contributed by atoms with Crippen LogP contribution in [0, 0.1) is 0 Å². The summed E-state index contributed by atoms with van der Waals surface area (Å²) in [6.45, 7) is 0. The Hall–Kier alpha value is -0.350. The number of rotatable bonds is 0. The van der Waals surface area contributed by atoms with Crippen molar-refractivity contribution in [2.24, 2.45) is 0 Å². The molecule has 2 nitrogen and oxygen atoms in total. The Morgan fingerprint density at radius 2 is 2.17 bits per heavy atom. The van der Waals surface area contributed by atoms with Gasteiger partial charge in [0.25, 0.3) is 0 Å². The minimum Gasteiger partial charge on any atom is -0.442 e. The fourth-order valence-electron chi connectivity index (χ4n) is 1.13. The average molecular weight is 292 g/mol. The van der Waals surface area contributed by atoms with Gasteiger partial charge in [-0.2, -0.15) is 0 Å². The van der Waals surface area contributed by atoms with E-state index in [4.69, 9.17) is 4.74 Å². The summed E-state index contributed by atoms with van der Waals surface area (Å²) in [4.78, 5) is 11.1. The van der Waals surface area contributed by atoms with Gasteiger partial charge in [0, 0.05) is 10.0 Å². The minimum absolute atomic E-state index is 0.264. The highest BCUT2D eigenvalue weighted by Gasteiger charge is 2.28. The van der Waals surface area contributed by atoms with Gasteiger partial charge in [0.05, 0.1) is 5.56 Å². The zero-order valence-electron chi connectivity index (χ0n) is 5.88. The maximum absolute atomic E-state index is 11.1. The van der Waals surface area contributed by atoms with E-state index >= 15 is 0 Å². The van der Waals surface area contributed by atoms with Gasteiger partial charge in [-0.25, -0.2) is 4.79 Å². The summed E-state index contributed by atoms with van der Waals surface area (Å²) in [5, 5.41) is -0.294. The monoisotopic (exact) mass is 290 g/mol. The van der Waals surface area contributed by atoms with E-state index in [0.717, 1.165) is 10.0 Å². The molecule has 1 atom stereocenters. The predicted molar refractivity (Wildman–Crippen MR) is 51.2 cm³/mol. The van der Waals surface area contributed by atoms with Crippen LogP contribution in [0.25, 0.3) is 0 Å². The molecule has 0 radical (unpaired) electrons. The van der Waals surface area contributed by atoms with E-state index in [2.05, 4.69) is 31.9 Å². The molecular formula is C8H4Br2O2. The number of benzene rings is 1. The fourth-order valence-corrected chi connectivity index (χ4v) is 2.06. The Bertz CT molecular complexity index is 349. The molecule has 0 spiro atoms. The number of hydrogen-bond donors (Lipinski definition) is 0. The van der Waals surface area contributed by atoms with Crippen molar-refractivity contribution in [1.82, 2.24) is 0 Å². The molecule has 0 N–H and O–H groups in total. The molecule has 12 heavy (non-hydrogen) atoms. The first-order valence-corrected chi connectivity index (χ1v) is 5.04. The van der Waals surface area contributed by atoms with E-state index in [1.165, 1.54) is 0 Å². The van der Waals surface area contributed by atoms with Crippen LogP contribution >= 0.6 is 31.9 Å². The number of alkyl halides is 1. The highest BCUT2D eigenvalue weighted by Crippen LogP contribution is 2.36. The van der Waals surface area contributed by atoms with Crippen molar-refractivity contribution >= 4 is 37.8 Å². The highest BCUT2D eigenvalue weighted by molar-refractivity contribution is 9.10. The molecular weight excluding hydrogens is 288 g/mol. The third-order valence-corrected chi connectivity index (χ3v) is 2.86. The molecule has 1 heterocycles. The van der Waals surface area contributed by atoms with Gasteiger partial charge in [-0.1, -0.05) is 15.9 Å². The number of hydrogen-bond acceptors (Lipinski definition) is 2. The van der Waals surface area contributed by atoms with Crippen molar-refractivity contribution in [2.45, 2.75) is 5.01 Å². The van der Waals surface area contributed by atoms with Crippen molar-refractivity contribution in [2.75, 3.05) is 0 Å². The van der Waals surface area contributed by atoms with Gasteiger partial charge in [0.2, 0.25) is 0 Å². The molecule has 1 aliphatic heterocycles. The van der Waals surface area contributed by atoms with E-state index in [0.29, 0.717) is 5.56 Å². The van der Waals surface area contributed by atoms with Gasteiger partial charge < -0.3 is 4.74 Å². The van der Waals surface area contributed by atoms with E-state index in [1.54, 1.807) is 6.07 Å². The maximum Gasteiger partial charge on any atom is 0.340 e. The fraction of sp³-hybridized carbons (Fsp3) is 0.125. The Balaban J connectivity index is 2.60. The first kappa shape index (κ1) is 8.26. The standard InChI is InChI=1S/C8H4Br2O2/c9-4-1-2-5-6(3-4)7(10)12-8(5)11/h1-3,7H/t7-/m1/s1.